The van der Waals surface area contributed by atoms with E-state index >= 15 is 0 Å². The van der Waals surface area contributed by atoms with Crippen LogP contribution in [-0.2, 0) is 0 Å². The Morgan fingerprint density at radius 3 is 2.71 bits per heavy atom. The van der Waals surface area contributed by atoms with Crippen molar-refractivity contribution in [2.75, 3.05) is 0 Å². The van der Waals surface area contributed by atoms with E-state index in [1.54, 1.807) is 0 Å². The number of H-pyrrole nitrogens is 1. The minimum absolute atomic E-state index is 0. The minimum Gasteiger partial charge on any atom is -0.197 e. The van der Waals surface area contributed by atoms with Gasteiger partial charge in [-0.25, -0.2) is 0 Å². The van der Waals surface area contributed by atoms with Crippen molar-refractivity contribution in [3.8, 4) is 0 Å². The number of fused-ring (bicyclic) bond motifs is 3. The summed E-state index contributed by atoms with van der Waals surface area (Å²) in [6, 6.07) is 12.2. The predicted molar refractivity (Wildman–Crippen MR) is 57.1 cm³/mol. The zero-order valence-electron chi connectivity index (χ0n) is 7.86. The second kappa shape index (κ2) is 3.69. The molecule has 0 aliphatic carbocycles. The second-order valence-corrected chi connectivity index (χ2v) is 2.98. The maximum absolute atomic E-state index is 4.11. The number of rotatable bonds is 0. The van der Waals surface area contributed by atoms with Crippen molar-refractivity contribution in [3.63, 3.8) is 0 Å². The van der Waals surface area contributed by atoms with E-state index in [9.17, 15) is 0 Å². The average Bonchev–Trinajstić information content (AvgIpc) is 2.65. The summed E-state index contributed by atoms with van der Waals surface area (Å²) in [5, 5.41) is 13.1. The summed E-state index contributed by atoms with van der Waals surface area (Å²) in [5.74, 6) is 0. The van der Waals surface area contributed by atoms with Crippen LogP contribution in [0, 0.1) is 0 Å². The fourth-order valence-corrected chi connectivity index (χ4v) is 1.58. The molecule has 1 heterocycles. The van der Waals surface area contributed by atoms with E-state index in [1.807, 2.05) is 18.2 Å². The Kier molecular flexibility index (Phi) is 2.54. The van der Waals surface area contributed by atoms with Crippen LogP contribution < -0.4 is 0 Å². The number of hydrogen-bond acceptors (Lipinski definition) is 2. The SMILES string of the molecule is [Na].c1ccc2c(c1)ccc1n[nH]nc12. The van der Waals surface area contributed by atoms with Gasteiger partial charge < -0.3 is 0 Å². The summed E-state index contributed by atoms with van der Waals surface area (Å²) in [6.07, 6.45) is 0. The molecular weight excluding hydrogens is 185 g/mol. The van der Waals surface area contributed by atoms with E-state index in [4.69, 9.17) is 0 Å². The predicted octanol–water partition coefficient (Wildman–Crippen LogP) is 1.73. The van der Waals surface area contributed by atoms with Crippen LogP contribution in [0.1, 0.15) is 0 Å². The molecule has 1 aromatic heterocycles. The molecule has 63 valence electrons. The van der Waals surface area contributed by atoms with Crippen molar-refractivity contribution in [3.05, 3.63) is 36.4 Å². The third-order valence-corrected chi connectivity index (χ3v) is 2.21. The fraction of sp³-hybridized carbons (Fsp3) is 0. The van der Waals surface area contributed by atoms with Crippen LogP contribution in [0.15, 0.2) is 36.4 Å². The summed E-state index contributed by atoms with van der Waals surface area (Å²) in [6.45, 7) is 0. The van der Waals surface area contributed by atoms with Gasteiger partial charge in [0.2, 0.25) is 0 Å². The van der Waals surface area contributed by atoms with Crippen molar-refractivity contribution in [1.82, 2.24) is 15.4 Å². The largest absolute Gasteiger partial charge is 0.197 e. The number of benzene rings is 2. The molecule has 0 spiro atoms. The van der Waals surface area contributed by atoms with Gasteiger partial charge in [0.15, 0.2) is 0 Å². The molecule has 0 bridgehead atoms. The van der Waals surface area contributed by atoms with Gasteiger partial charge in [0.05, 0.1) is 0 Å². The van der Waals surface area contributed by atoms with E-state index < -0.39 is 0 Å². The number of nitrogens with one attached hydrogen (secondary N) is 1. The van der Waals surface area contributed by atoms with Crippen LogP contribution in [0.5, 0.6) is 0 Å². The molecule has 0 amide bonds. The summed E-state index contributed by atoms with van der Waals surface area (Å²) < 4.78 is 0. The van der Waals surface area contributed by atoms with Crippen molar-refractivity contribution in [1.29, 1.82) is 0 Å². The van der Waals surface area contributed by atoms with Gasteiger partial charge in [0.1, 0.15) is 11.0 Å². The van der Waals surface area contributed by atoms with Gasteiger partial charge in [-0.1, -0.05) is 30.3 Å². The second-order valence-electron chi connectivity index (χ2n) is 2.98. The van der Waals surface area contributed by atoms with E-state index in [-0.39, 0.29) is 29.6 Å². The Bertz CT molecular complexity index is 573. The summed E-state index contributed by atoms with van der Waals surface area (Å²) in [7, 11) is 0. The van der Waals surface area contributed by atoms with Crippen LogP contribution in [0.3, 0.4) is 0 Å². The third kappa shape index (κ3) is 1.34. The van der Waals surface area contributed by atoms with Crippen LogP contribution in [0.4, 0.5) is 0 Å². The topological polar surface area (TPSA) is 41.6 Å². The van der Waals surface area contributed by atoms with Gasteiger partial charge in [0, 0.05) is 34.9 Å². The van der Waals surface area contributed by atoms with E-state index in [0.717, 1.165) is 16.4 Å². The molecule has 0 aliphatic rings. The van der Waals surface area contributed by atoms with Gasteiger partial charge in [-0.3, -0.25) is 0 Å². The quantitative estimate of drug-likeness (QED) is 0.551. The van der Waals surface area contributed by atoms with E-state index in [1.165, 1.54) is 5.39 Å². The molecule has 0 unspecified atom stereocenters. The Morgan fingerprint density at radius 2 is 1.79 bits per heavy atom. The Morgan fingerprint density at radius 1 is 0.929 bits per heavy atom. The monoisotopic (exact) mass is 192 g/mol. The average molecular weight is 192 g/mol. The summed E-state index contributed by atoms with van der Waals surface area (Å²) >= 11 is 0. The van der Waals surface area contributed by atoms with Crippen molar-refractivity contribution >= 4 is 51.4 Å². The molecule has 3 aromatic rings. The van der Waals surface area contributed by atoms with Crippen LogP contribution >= 0.6 is 0 Å². The first-order chi connectivity index (χ1) is 6.45. The number of nitrogens with zero attached hydrogens (tertiary/aromatic N) is 2. The van der Waals surface area contributed by atoms with Crippen molar-refractivity contribution in [2.24, 2.45) is 0 Å². The zero-order valence-corrected chi connectivity index (χ0v) is 9.86. The number of aromatic nitrogens is 3. The van der Waals surface area contributed by atoms with E-state index in [2.05, 4.69) is 33.6 Å². The van der Waals surface area contributed by atoms with Crippen LogP contribution in [0.2, 0.25) is 0 Å². The molecule has 0 saturated heterocycles. The molecule has 1 radical (unpaired) electrons. The molecule has 1 N–H and O–H groups in total. The molecular formula is C10H7N3Na. The normalized spacial score (nSPS) is 10.3. The van der Waals surface area contributed by atoms with Crippen molar-refractivity contribution in [2.45, 2.75) is 0 Å². The standard InChI is InChI=1S/C10H7N3.Na/c1-2-4-8-7(3-1)5-6-9-10(8)12-13-11-9;/h1-6H,(H,11,12,13);. The first-order valence-corrected chi connectivity index (χ1v) is 4.13. The first kappa shape index (κ1) is 9.65. The smallest absolute Gasteiger partial charge is 0.120 e. The maximum atomic E-state index is 4.11. The molecule has 14 heavy (non-hydrogen) atoms. The Labute approximate surface area is 103 Å². The van der Waals surface area contributed by atoms with Gasteiger partial charge in [0.25, 0.3) is 0 Å². The minimum atomic E-state index is 0. The fourth-order valence-electron chi connectivity index (χ4n) is 1.58. The summed E-state index contributed by atoms with van der Waals surface area (Å²) in [4.78, 5) is 0. The third-order valence-electron chi connectivity index (χ3n) is 2.21. The van der Waals surface area contributed by atoms with Crippen LogP contribution in [0.25, 0.3) is 21.8 Å². The number of hydrogen-bond donors (Lipinski definition) is 1. The Hall–Kier alpha value is -0.900. The van der Waals surface area contributed by atoms with Gasteiger partial charge in [-0.05, 0) is 11.5 Å². The number of aromatic amines is 1. The first-order valence-electron chi connectivity index (χ1n) is 4.13. The Balaban J connectivity index is 0.000000750. The molecule has 3 rings (SSSR count). The molecule has 2 aromatic carbocycles. The molecule has 0 aliphatic heterocycles. The maximum Gasteiger partial charge on any atom is 0.120 e. The molecule has 3 nitrogen and oxygen atoms in total. The molecule has 4 heteroatoms. The van der Waals surface area contributed by atoms with Crippen LogP contribution in [-0.4, -0.2) is 45.0 Å². The van der Waals surface area contributed by atoms with Gasteiger partial charge in [-0.2, -0.15) is 15.4 Å². The molecule has 0 atom stereocenters. The van der Waals surface area contributed by atoms with Crippen molar-refractivity contribution < 1.29 is 0 Å². The summed E-state index contributed by atoms with van der Waals surface area (Å²) in [5.41, 5.74) is 1.86. The van der Waals surface area contributed by atoms with Gasteiger partial charge in [-0.15, -0.1) is 0 Å². The van der Waals surface area contributed by atoms with E-state index in [0.29, 0.717) is 0 Å². The molecule has 0 fully saturated rings. The van der Waals surface area contributed by atoms with Gasteiger partial charge >= 0.3 is 0 Å². The zero-order chi connectivity index (χ0) is 8.67. The molecule has 0 saturated carbocycles.